The second kappa shape index (κ2) is 5.60. The van der Waals surface area contributed by atoms with E-state index in [2.05, 4.69) is 9.97 Å². The molecule has 1 atom stereocenters. The van der Waals surface area contributed by atoms with Gasteiger partial charge in [-0.2, -0.15) is 0 Å². The Kier molecular flexibility index (Phi) is 3.66. The van der Waals surface area contributed by atoms with Crippen molar-refractivity contribution < 1.29 is 9.90 Å². The van der Waals surface area contributed by atoms with E-state index in [4.69, 9.17) is 0 Å². The molecule has 0 aliphatic carbocycles. The monoisotopic (exact) mass is 302 g/mol. The average molecular weight is 302 g/mol. The molecule has 1 N–H and O–H groups in total. The van der Waals surface area contributed by atoms with Gasteiger partial charge in [0.15, 0.2) is 4.34 Å². The number of nitrogens with zero attached hydrogens (tertiary/aromatic N) is 2. The summed E-state index contributed by atoms with van der Waals surface area (Å²) in [5.41, 5.74) is 1.62. The smallest absolute Gasteiger partial charge is 0.321 e. The summed E-state index contributed by atoms with van der Waals surface area (Å²) in [7, 11) is 0. The van der Waals surface area contributed by atoms with Crippen LogP contribution in [0.3, 0.4) is 0 Å². The van der Waals surface area contributed by atoms with Crippen molar-refractivity contribution in [3.63, 3.8) is 0 Å². The first-order chi connectivity index (χ1) is 9.74. The second-order valence-electron chi connectivity index (χ2n) is 4.06. The number of aromatic nitrogens is 2. The van der Waals surface area contributed by atoms with Crippen LogP contribution in [0.1, 0.15) is 10.8 Å². The molecule has 4 nitrogen and oxygen atoms in total. The number of aliphatic carboxylic acids is 1. The molecule has 6 heteroatoms. The van der Waals surface area contributed by atoms with Gasteiger partial charge in [-0.3, -0.25) is 9.78 Å². The first kappa shape index (κ1) is 13.1. The van der Waals surface area contributed by atoms with Crippen molar-refractivity contribution in [3.05, 3.63) is 54.4 Å². The van der Waals surface area contributed by atoms with Gasteiger partial charge in [0.25, 0.3) is 0 Å². The summed E-state index contributed by atoms with van der Waals surface area (Å²) in [5.74, 6) is -0.875. The van der Waals surface area contributed by atoms with Crippen LogP contribution in [0.4, 0.5) is 0 Å². The number of rotatable bonds is 4. The molecular formula is C14H10N2O2S2. The SMILES string of the molecule is O=C(O)C(Sc1nc2ccccc2s1)c1ccncc1. The molecule has 3 rings (SSSR count). The van der Waals surface area contributed by atoms with Gasteiger partial charge in [-0.1, -0.05) is 23.9 Å². The zero-order valence-corrected chi connectivity index (χ0v) is 11.9. The molecule has 2 heterocycles. The third-order valence-electron chi connectivity index (χ3n) is 2.73. The number of carbonyl (C=O) groups is 1. The third kappa shape index (κ3) is 2.66. The van der Waals surface area contributed by atoms with Crippen LogP contribution in [-0.4, -0.2) is 21.0 Å². The molecule has 1 unspecified atom stereocenters. The second-order valence-corrected chi connectivity index (χ2v) is 6.45. The van der Waals surface area contributed by atoms with Crippen LogP contribution in [0.15, 0.2) is 53.1 Å². The van der Waals surface area contributed by atoms with Crippen molar-refractivity contribution in [2.75, 3.05) is 0 Å². The van der Waals surface area contributed by atoms with Gasteiger partial charge in [-0.25, -0.2) is 4.98 Å². The zero-order chi connectivity index (χ0) is 13.9. The number of thioether (sulfide) groups is 1. The van der Waals surface area contributed by atoms with E-state index in [-0.39, 0.29) is 0 Å². The van der Waals surface area contributed by atoms with Crippen molar-refractivity contribution >= 4 is 39.3 Å². The molecule has 0 aliphatic rings. The van der Waals surface area contributed by atoms with Gasteiger partial charge in [0.2, 0.25) is 0 Å². The first-order valence-electron chi connectivity index (χ1n) is 5.89. The number of thiazole rings is 1. The molecule has 20 heavy (non-hydrogen) atoms. The third-order valence-corrected chi connectivity index (χ3v) is 5.10. The fourth-order valence-electron chi connectivity index (χ4n) is 1.80. The number of carboxylic acid groups (broad SMARTS) is 1. The van der Waals surface area contributed by atoms with E-state index in [1.807, 2.05) is 24.3 Å². The van der Waals surface area contributed by atoms with Crippen LogP contribution >= 0.6 is 23.1 Å². The lowest BCUT2D eigenvalue weighted by atomic mass is 10.2. The minimum absolute atomic E-state index is 0.668. The van der Waals surface area contributed by atoms with Crippen LogP contribution in [0.25, 0.3) is 10.2 Å². The predicted molar refractivity (Wildman–Crippen MR) is 80.1 cm³/mol. The summed E-state index contributed by atoms with van der Waals surface area (Å²) in [5, 5.41) is 8.73. The number of pyridine rings is 1. The Morgan fingerprint density at radius 2 is 1.95 bits per heavy atom. The maximum Gasteiger partial charge on any atom is 0.321 e. The molecule has 2 aromatic heterocycles. The Labute approximate surface area is 123 Å². The number of hydrogen-bond acceptors (Lipinski definition) is 5. The topological polar surface area (TPSA) is 63.1 Å². The van der Waals surface area contributed by atoms with E-state index in [9.17, 15) is 9.90 Å². The van der Waals surface area contributed by atoms with Gasteiger partial charge in [0.1, 0.15) is 5.25 Å². The number of fused-ring (bicyclic) bond motifs is 1. The lowest BCUT2D eigenvalue weighted by Gasteiger charge is -2.09. The molecule has 0 saturated heterocycles. The Morgan fingerprint density at radius 1 is 1.20 bits per heavy atom. The molecule has 3 aromatic rings. The van der Waals surface area contributed by atoms with E-state index in [1.165, 1.54) is 23.1 Å². The summed E-state index contributed by atoms with van der Waals surface area (Å²) in [6.45, 7) is 0. The Morgan fingerprint density at radius 3 is 2.65 bits per heavy atom. The van der Waals surface area contributed by atoms with Crippen molar-refractivity contribution in [2.45, 2.75) is 9.59 Å². The van der Waals surface area contributed by atoms with Crippen molar-refractivity contribution in [1.29, 1.82) is 0 Å². The standard InChI is InChI=1S/C14H10N2O2S2/c17-13(18)12(9-5-7-15-8-6-9)20-14-16-10-3-1-2-4-11(10)19-14/h1-8,12H,(H,17,18). The summed E-state index contributed by atoms with van der Waals surface area (Å²) < 4.78 is 1.82. The van der Waals surface area contributed by atoms with E-state index in [0.717, 1.165) is 20.1 Å². The van der Waals surface area contributed by atoms with Crippen LogP contribution in [0.2, 0.25) is 0 Å². The van der Waals surface area contributed by atoms with Gasteiger partial charge in [-0.15, -0.1) is 11.3 Å². The highest BCUT2D eigenvalue weighted by atomic mass is 32.2. The van der Waals surface area contributed by atoms with Gasteiger partial charge >= 0.3 is 5.97 Å². The summed E-state index contributed by atoms with van der Waals surface area (Å²) >= 11 is 2.77. The largest absolute Gasteiger partial charge is 0.480 e. The molecule has 0 bridgehead atoms. The molecule has 0 saturated carbocycles. The maximum atomic E-state index is 11.5. The minimum Gasteiger partial charge on any atom is -0.480 e. The molecule has 0 radical (unpaired) electrons. The summed E-state index contributed by atoms with van der Waals surface area (Å²) in [4.78, 5) is 19.8. The van der Waals surface area contributed by atoms with E-state index < -0.39 is 11.2 Å². The quantitative estimate of drug-likeness (QED) is 0.746. The van der Waals surface area contributed by atoms with Gasteiger partial charge in [0.05, 0.1) is 10.2 Å². The highest BCUT2D eigenvalue weighted by molar-refractivity contribution is 8.02. The van der Waals surface area contributed by atoms with Crippen molar-refractivity contribution in [3.8, 4) is 0 Å². The van der Waals surface area contributed by atoms with E-state index >= 15 is 0 Å². The van der Waals surface area contributed by atoms with E-state index in [0.29, 0.717) is 0 Å². The summed E-state index contributed by atoms with van der Waals surface area (Å²) in [6, 6.07) is 11.2. The van der Waals surface area contributed by atoms with Crippen LogP contribution in [0.5, 0.6) is 0 Å². The first-order valence-corrected chi connectivity index (χ1v) is 7.58. The van der Waals surface area contributed by atoms with Crippen LogP contribution in [0, 0.1) is 0 Å². The molecule has 0 fully saturated rings. The molecule has 1 aromatic carbocycles. The molecular weight excluding hydrogens is 292 g/mol. The molecule has 100 valence electrons. The van der Waals surface area contributed by atoms with Crippen LogP contribution < -0.4 is 0 Å². The predicted octanol–water partition coefficient (Wildman–Crippen LogP) is 3.61. The van der Waals surface area contributed by atoms with E-state index in [1.54, 1.807) is 24.5 Å². The fourth-order valence-corrected chi connectivity index (χ4v) is 4.00. The zero-order valence-electron chi connectivity index (χ0n) is 10.3. The minimum atomic E-state index is -0.875. The highest BCUT2D eigenvalue weighted by Gasteiger charge is 2.22. The average Bonchev–Trinajstić information content (AvgIpc) is 2.88. The van der Waals surface area contributed by atoms with Gasteiger partial charge in [-0.05, 0) is 29.8 Å². The molecule has 0 spiro atoms. The van der Waals surface area contributed by atoms with Crippen LogP contribution in [-0.2, 0) is 4.79 Å². The summed E-state index contributed by atoms with van der Waals surface area (Å²) in [6.07, 6.45) is 3.20. The molecule has 0 amide bonds. The fraction of sp³-hybridized carbons (Fsp3) is 0.0714. The lowest BCUT2D eigenvalue weighted by Crippen LogP contribution is -2.07. The van der Waals surface area contributed by atoms with Gasteiger partial charge in [0, 0.05) is 12.4 Å². The Bertz CT molecular complexity index is 710. The number of carboxylic acids is 1. The number of para-hydroxylation sites is 1. The van der Waals surface area contributed by atoms with Gasteiger partial charge < -0.3 is 5.11 Å². The number of hydrogen-bond donors (Lipinski definition) is 1. The highest BCUT2D eigenvalue weighted by Crippen LogP contribution is 2.39. The normalized spacial score (nSPS) is 12.4. The lowest BCUT2D eigenvalue weighted by molar-refractivity contribution is -0.136. The Balaban J connectivity index is 1.92. The maximum absolute atomic E-state index is 11.5. The van der Waals surface area contributed by atoms with Crippen molar-refractivity contribution in [2.24, 2.45) is 0 Å². The number of benzene rings is 1. The van der Waals surface area contributed by atoms with Crippen molar-refractivity contribution in [1.82, 2.24) is 9.97 Å². The Hall–Kier alpha value is -1.92. The molecule has 0 aliphatic heterocycles.